The van der Waals surface area contributed by atoms with Gasteiger partial charge in [-0.25, -0.2) is 0 Å². The van der Waals surface area contributed by atoms with E-state index < -0.39 is 0 Å². The summed E-state index contributed by atoms with van der Waals surface area (Å²) in [6, 6.07) is 0. The van der Waals surface area contributed by atoms with Gasteiger partial charge in [0.1, 0.15) is 0 Å². The van der Waals surface area contributed by atoms with E-state index in [-0.39, 0.29) is 11.2 Å². The number of fused-ring (bicyclic) bond motifs is 5. The predicted molar refractivity (Wildman–Crippen MR) is 100 cm³/mol. The molecular formula is C23H36O2. The molecule has 5 unspecified atom stereocenters. The first-order chi connectivity index (χ1) is 11.9. The Balaban J connectivity index is 1.34. The average Bonchev–Trinajstić information content (AvgIpc) is 2.99. The maximum atomic E-state index is 6.35. The van der Waals surface area contributed by atoms with E-state index in [4.69, 9.17) is 9.47 Å². The molecule has 3 saturated carbocycles. The van der Waals surface area contributed by atoms with Gasteiger partial charge in [-0.15, -0.1) is 0 Å². The van der Waals surface area contributed by atoms with Crippen molar-refractivity contribution in [1.29, 1.82) is 0 Å². The minimum absolute atomic E-state index is 0.179. The second kappa shape index (κ2) is 5.58. The Morgan fingerprint density at radius 2 is 1.72 bits per heavy atom. The van der Waals surface area contributed by atoms with Crippen molar-refractivity contribution in [2.75, 3.05) is 13.2 Å². The van der Waals surface area contributed by atoms with Gasteiger partial charge >= 0.3 is 0 Å². The molecule has 0 radical (unpaired) electrons. The van der Waals surface area contributed by atoms with Crippen LogP contribution in [0, 0.1) is 34.5 Å². The maximum Gasteiger partial charge on any atom is 0.168 e. The average molecular weight is 345 g/mol. The Hall–Kier alpha value is -0.340. The van der Waals surface area contributed by atoms with Crippen molar-refractivity contribution >= 4 is 0 Å². The number of hydrogen-bond donors (Lipinski definition) is 0. The van der Waals surface area contributed by atoms with Gasteiger partial charge in [0.2, 0.25) is 0 Å². The summed E-state index contributed by atoms with van der Waals surface area (Å²) in [6.45, 7) is 8.79. The summed E-state index contributed by atoms with van der Waals surface area (Å²) in [4.78, 5) is 0. The molecule has 5 rings (SSSR count). The summed E-state index contributed by atoms with van der Waals surface area (Å²) in [5.41, 5.74) is 2.67. The lowest BCUT2D eigenvalue weighted by molar-refractivity contribution is -0.319. The smallest absolute Gasteiger partial charge is 0.168 e. The highest BCUT2D eigenvalue weighted by Gasteiger charge is 2.53. The van der Waals surface area contributed by atoms with Crippen LogP contribution in [-0.2, 0) is 9.47 Å². The maximum absolute atomic E-state index is 6.35. The number of hydrogen-bond acceptors (Lipinski definition) is 2. The normalized spacial score (nSPS) is 47.6. The SMILES string of the molecule is CC1(C)COC2(CCC3C4=CCC5(C)CCCC5C4CCC3C2)OC1. The van der Waals surface area contributed by atoms with Gasteiger partial charge in [-0.1, -0.05) is 38.8 Å². The molecule has 2 nitrogen and oxygen atoms in total. The van der Waals surface area contributed by atoms with Crippen LogP contribution in [0.2, 0.25) is 0 Å². The largest absolute Gasteiger partial charge is 0.349 e. The van der Waals surface area contributed by atoms with Crippen LogP contribution in [0.1, 0.15) is 78.6 Å². The molecule has 2 heteroatoms. The molecule has 1 spiro atoms. The molecule has 0 N–H and O–H groups in total. The first-order valence-electron chi connectivity index (χ1n) is 10.9. The van der Waals surface area contributed by atoms with Crippen LogP contribution in [0.15, 0.2) is 11.6 Å². The van der Waals surface area contributed by atoms with E-state index in [1.165, 1.54) is 44.9 Å². The van der Waals surface area contributed by atoms with Crippen molar-refractivity contribution in [2.24, 2.45) is 34.5 Å². The fraction of sp³-hybridized carbons (Fsp3) is 0.913. The lowest BCUT2D eigenvalue weighted by Crippen LogP contribution is -2.53. The van der Waals surface area contributed by atoms with Gasteiger partial charge in [-0.2, -0.15) is 0 Å². The van der Waals surface area contributed by atoms with Gasteiger partial charge in [0.25, 0.3) is 0 Å². The van der Waals surface area contributed by atoms with Crippen molar-refractivity contribution < 1.29 is 9.47 Å². The fourth-order valence-corrected chi connectivity index (χ4v) is 7.12. The Morgan fingerprint density at radius 3 is 2.52 bits per heavy atom. The second-order valence-corrected chi connectivity index (χ2v) is 11.0. The first kappa shape index (κ1) is 16.8. The minimum Gasteiger partial charge on any atom is -0.349 e. The van der Waals surface area contributed by atoms with E-state index in [0.29, 0.717) is 5.41 Å². The van der Waals surface area contributed by atoms with Gasteiger partial charge in [0.05, 0.1) is 13.2 Å². The first-order valence-corrected chi connectivity index (χ1v) is 10.9. The summed E-state index contributed by atoms with van der Waals surface area (Å²) in [5, 5.41) is 0. The Bertz CT molecular complexity index is 567. The van der Waals surface area contributed by atoms with Crippen LogP contribution < -0.4 is 0 Å². The minimum atomic E-state index is -0.249. The number of ether oxygens (including phenoxy) is 2. The molecule has 1 saturated heterocycles. The molecule has 140 valence electrons. The number of allylic oxidation sites excluding steroid dienone is 2. The lowest BCUT2D eigenvalue weighted by atomic mass is 9.54. The molecule has 1 aliphatic heterocycles. The Kier molecular flexibility index (Phi) is 3.75. The van der Waals surface area contributed by atoms with Gasteiger partial charge in [-0.3, -0.25) is 0 Å². The molecule has 0 aromatic heterocycles. The fourth-order valence-electron chi connectivity index (χ4n) is 7.12. The van der Waals surface area contributed by atoms with Crippen molar-refractivity contribution in [3.63, 3.8) is 0 Å². The molecule has 1 heterocycles. The van der Waals surface area contributed by atoms with E-state index >= 15 is 0 Å². The highest BCUT2D eigenvalue weighted by molar-refractivity contribution is 5.24. The zero-order chi connectivity index (χ0) is 17.3. The third-order valence-electron chi connectivity index (χ3n) is 8.58. The molecule has 0 amide bonds. The highest BCUT2D eigenvalue weighted by atomic mass is 16.7. The van der Waals surface area contributed by atoms with Crippen LogP contribution in [0.4, 0.5) is 0 Å². The van der Waals surface area contributed by atoms with Gasteiger partial charge in [0.15, 0.2) is 5.79 Å². The second-order valence-electron chi connectivity index (χ2n) is 11.0. The third kappa shape index (κ3) is 2.65. The Morgan fingerprint density at radius 1 is 0.920 bits per heavy atom. The zero-order valence-corrected chi connectivity index (χ0v) is 16.5. The molecular weight excluding hydrogens is 308 g/mol. The summed E-state index contributed by atoms with van der Waals surface area (Å²) >= 11 is 0. The quantitative estimate of drug-likeness (QED) is 0.523. The molecule has 4 fully saturated rings. The summed E-state index contributed by atoms with van der Waals surface area (Å²) in [5.74, 6) is 3.26. The molecule has 4 aliphatic carbocycles. The van der Waals surface area contributed by atoms with Crippen LogP contribution in [-0.4, -0.2) is 19.0 Å². The van der Waals surface area contributed by atoms with E-state index in [9.17, 15) is 0 Å². The molecule has 5 atom stereocenters. The monoisotopic (exact) mass is 344 g/mol. The summed E-state index contributed by atoms with van der Waals surface area (Å²) in [6.07, 6.45) is 14.8. The Labute approximate surface area is 153 Å². The van der Waals surface area contributed by atoms with Crippen LogP contribution >= 0.6 is 0 Å². The van der Waals surface area contributed by atoms with E-state index in [0.717, 1.165) is 49.7 Å². The standard InChI is InChI=1S/C23H36O2/c1-21(2)14-24-23(25-15-21)12-9-17-16(13-23)6-7-19-18(17)8-11-22(3)10-4-5-20(19)22/h8,16-17,19-20H,4-7,9-15H2,1-3H3. The third-order valence-corrected chi connectivity index (χ3v) is 8.58. The van der Waals surface area contributed by atoms with Crippen molar-refractivity contribution in [1.82, 2.24) is 0 Å². The van der Waals surface area contributed by atoms with Crippen molar-refractivity contribution in [2.45, 2.75) is 84.3 Å². The molecule has 0 bridgehead atoms. The predicted octanol–water partition coefficient (Wildman–Crippen LogP) is 5.72. The summed E-state index contributed by atoms with van der Waals surface area (Å²) in [7, 11) is 0. The van der Waals surface area contributed by atoms with E-state index in [1.54, 1.807) is 0 Å². The van der Waals surface area contributed by atoms with Crippen molar-refractivity contribution in [3.05, 3.63) is 11.6 Å². The highest BCUT2D eigenvalue weighted by Crippen LogP contribution is 2.61. The molecule has 0 aromatic carbocycles. The zero-order valence-electron chi connectivity index (χ0n) is 16.5. The van der Waals surface area contributed by atoms with E-state index in [2.05, 4.69) is 26.8 Å². The van der Waals surface area contributed by atoms with Crippen LogP contribution in [0.3, 0.4) is 0 Å². The molecule has 0 aromatic rings. The molecule has 5 aliphatic rings. The van der Waals surface area contributed by atoms with Gasteiger partial charge < -0.3 is 9.47 Å². The van der Waals surface area contributed by atoms with Gasteiger partial charge in [0, 0.05) is 18.3 Å². The summed E-state index contributed by atoms with van der Waals surface area (Å²) < 4.78 is 12.7. The topological polar surface area (TPSA) is 18.5 Å². The lowest BCUT2D eigenvalue weighted by Gasteiger charge is -2.54. The van der Waals surface area contributed by atoms with Gasteiger partial charge in [-0.05, 0) is 67.6 Å². The van der Waals surface area contributed by atoms with Crippen molar-refractivity contribution in [3.8, 4) is 0 Å². The molecule has 25 heavy (non-hydrogen) atoms. The number of rotatable bonds is 0. The van der Waals surface area contributed by atoms with Crippen LogP contribution in [0.25, 0.3) is 0 Å². The van der Waals surface area contributed by atoms with Crippen LogP contribution in [0.5, 0.6) is 0 Å². The van der Waals surface area contributed by atoms with E-state index in [1.807, 2.05) is 5.57 Å².